The minimum absolute atomic E-state index is 0.196. The maximum atomic E-state index is 12.2. The molecule has 0 bridgehead atoms. The molecule has 0 aromatic heterocycles. The molecule has 0 saturated carbocycles. The Balaban J connectivity index is 1.62. The number of carbonyl (C=O) groups excluding carboxylic acids is 2. The van der Waals surface area contributed by atoms with Crippen LogP contribution >= 0.6 is 11.6 Å². The molecule has 25 heavy (non-hydrogen) atoms. The average molecular weight is 362 g/mol. The van der Waals surface area contributed by atoms with Crippen molar-refractivity contribution in [3.63, 3.8) is 0 Å². The molecule has 2 aromatic rings. The molecule has 1 amide bonds. The third-order valence-electron chi connectivity index (χ3n) is 3.43. The molecule has 2 aromatic carbocycles. The van der Waals surface area contributed by atoms with Crippen molar-refractivity contribution in [3.8, 4) is 11.5 Å². The molecule has 1 N–H and O–H groups in total. The molecule has 0 radical (unpaired) electrons. The van der Waals surface area contributed by atoms with E-state index in [0.717, 1.165) is 6.42 Å². The van der Waals surface area contributed by atoms with Gasteiger partial charge in [0, 0.05) is 12.1 Å². The van der Waals surface area contributed by atoms with E-state index in [9.17, 15) is 9.59 Å². The quantitative estimate of drug-likeness (QED) is 0.846. The number of benzene rings is 2. The zero-order valence-electron chi connectivity index (χ0n) is 13.3. The monoisotopic (exact) mass is 361 g/mol. The number of esters is 1. The van der Waals surface area contributed by atoms with Gasteiger partial charge in [-0.25, -0.2) is 4.79 Å². The summed E-state index contributed by atoms with van der Waals surface area (Å²) in [5.74, 6) is -0.288. The van der Waals surface area contributed by atoms with Crippen molar-refractivity contribution in [2.45, 2.75) is 6.42 Å². The van der Waals surface area contributed by atoms with E-state index in [1.165, 1.54) is 12.1 Å². The lowest BCUT2D eigenvalue weighted by Gasteiger charge is -2.11. The van der Waals surface area contributed by atoms with Crippen LogP contribution in [0.4, 0.5) is 5.69 Å². The molecule has 7 heteroatoms. The molecule has 1 heterocycles. The van der Waals surface area contributed by atoms with Crippen LogP contribution in [0.25, 0.3) is 0 Å². The zero-order chi connectivity index (χ0) is 17.6. The number of fused-ring (bicyclic) bond motifs is 1. The van der Waals surface area contributed by atoms with Gasteiger partial charge in [-0.1, -0.05) is 29.8 Å². The van der Waals surface area contributed by atoms with Crippen LogP contribution in [0.3, 0.4) is 0 Å². The van der Waals surface area contributed by atoms with Crippen molar-refractivity contribution in [1.29, 1.82) is 0 Å². The third-order valence-corrected chi connectivity index (χ3v) is 3.71. The first-order valence-corrected chi connectivity index (χ1v) is 8.12. The fourth-order valence-electron chi connectivity index (χ4n) is 2.28. The van der Waals surface area contributed by atoms with Crippen molar-refractivity contribution in [3.05, 3.63) is 53.1 Å². The van der Waals surface area contributed by atoms with Gasteiger partial charge in [-0.2, -0.15) is 0 Å². The van der Waals surface area contributed by atoms with E-state index in [1.54, 1.807) is 24.3 Å². The van der Waals surface area contributed by atoms with E-state index >= 15 is 0 Å². The van der Waals surface area contributed by atoms with Gasteiger partial charge in [-0.15, -0.1) is 0 Å². The Kier molecular flexibility index (Phi) is 5.40. The van der Waals surface area contributed by atoms with Gasteiger partial charge in [0.25, 0.3) is 5.91 Å². The SMILES string of the molecule is O=C(COC(=O)c1cc(Cl)c2c(c1)OCCCO2)Nc1ccccc1. The lowest BCUT2D eigenvalue weighted by Crippen LogP contribution is -2.20. The van der Waals surface area contributed by atoms with Crippen molar-refractivity contribution in [2.75, 3.05) is 25.1 Å². The van der Waals surface area contributed by atoms with Gasteiger partial charge in [0.2, 0.25) is 0 Å². The summed E-state index contributed by atoms with van der Waals surface area (Å²) < 4.78 is 16.1. The lowest BCUT2D eigenvalue weighted by atomic mass is 10.2. The maximum absolute atomic E-state index is 12.2. The van der Waals surface area contributed by atoms with Crippen LogP contribution < -0.4 is 14.8 Å². The molecule has 0 atom stereocenters. The fraction of sp³-hybridized carbons (Fsp3) is 0.222. The first kappa shape index (κ1) is 17.1. The second kappa shape index (κ2) is 7.90. The molecule has 130 valence electrons. The molecular weight excluding hydrogens is 346 g/mol. The highest BCUT2D eigenvalue weighted by Crippen LogP contribution is 2.38. The highest BCUT2D eigenvalue weighted by molar-refractivity contribution is 6.32. The lowest BCUT2D eigenvalue weighted by molar-refractivity contribution is -0.119. The second-order valence-electron chi connectivity index (χ2n) is 5.33. The minimum Gasteiger partial charge on any atom is -0.489 e. The second-order valence-corrected chi connectivity index (χ2v) is 5.73. The van der Waals surface area contributed by atoms with Crippen LogP contribution in [0.2, 0.25) is 5.02 Å². The van der Waals surface area contributed by atoms with E-state index in [2.05, 4.69) is 5.32 Å². The predicted molar refractivity (Wildman–Crippen MR) is 92.4 cm³/mol. The maximum Gasteiger partial charge on any atom is 0.338 e. The standard InChI is InChI=1S/C18H16ClNO5/c19-14-9-12(10-15-17(14)24-8-4-7-23-15)18(22)25-11-16(21)20-13-5-2-1-3-6-13/h1-3,5-6,9-10H,4,7-8,11H2,(H,20,21). The van der Waals surface area contributed by atoms with Gasteiger partial charge in [-0.3, -0.25) is 4.79 Å². The van der Waals surface area contributed by atoms with Gasteiger partial charge in [-0.05, 0) is 24.3 Å². The van der Waals surface area contributed by atoms with Crippen molar-refractivity contribution in [2.24, 2.45) is 0 Å². The average Bonchev–Trinajstić information content (AvgIpc) is 2.86. The molecule has 0 fully saturated rings. The molecule has 6 nitrogen and oxygen atoms in total. The Labute approximate surface area is 149 Å². The molecule has 1 aliphatic heterocycles. The highest BCUT2D eigenvalue weighted by Gasteiger charge is 2.19. The van der Waals surface area contributed by atoms with Crippen molar-refractivity contribution >= 4 is 29.2 Å². The highest BCUT2D eigenvalue weighted by atomic mass is 35.5. The summed E-state index contributed by atoms with van der Waals surface area (Å²) in [6.45, 7) is 0.567. The van der Waals surface area contributed by atoms with Crippen LogP contribution in [-0.2, 0) is 9.53 Å². The number of halogens is 1. The van der Waals surface area contributed by atoms with Crippen LogP contribution in [0.1, 0.15) is 16.8 Å². The minimum atomic E-state index is -0.666. The zero-order valence-corrected chi connectivity index (χ0v) is 14.0. The Bertz CT molecular complexity index is 779. The Morgan fingerprint density at radius 3 is 2.68 bits per heavy atom. The largest absolute Gasteiger partial charge is 0.489 e. The number of hydrogen-bond acceptors (Lipinski definition) is 5. The Hall–Kier alpha value is -2.73. The van der Waals surface area contributed by atoms with Gasteiger partial charge in [0.15, 0.2) is 18.1 Å². The summed E-state index contributed by atoms with van der Waals surface area (Å²) in [5.41, 5.74) is 0.823. The molecule has 0 aliphatic carbocycles. The van der Waals surface area contributed by atoms with E-state index in [-0.39, 0.29) is 10.6 Å². The number of rotatable bonds is 4. The Morgan fingerprint density at radius 2 is 1.88 bits per heavy atom. The van der Waals surface area contributed by atoms with Crippen molar-refractivity contribution in [1.82, 2.24) is 0 Å². The summed E-state index contributed by atoms with van der Waals surface area (Å²) in [7, 11) is 0. The predicted octanol–water partition coefficient (Wildman–Crippen LogP) is 3.30. The van der Waals surface area contributed by atoms with E-state index in [4.69, 9.17) is 25.8 Å². The smallest absolute Gasteiger partial charge is 0.338 e. The number of hydrogen-bond donors (Lipinski definition) is 1. The molecule has 0 saturated heterocycles. The van der Waals surface area contributed by atoms with Crippen LogP contribution in [0.15, 0.2) is 42.5 Å². The summed E-state index contributed by atoms with van der Waals surface area (Å²) in [4.78, 5) is 24.0. The Morgan fingerprint density at radius 1 is 1.12 bits per heavy atom. The van der Waals surface area contributed by atoms with Crippen molar-refractivity contribution < 1.29 is 23.8 Å². The first-order valence-electron chi connectivity index (χ1n) is 7.74. The van der Waals surface area contributed by atoms with E-state index in [0.29, 0.717) is 30.4 Å². The molecular formula is C18H16ClNO5. The summed E-state index contributed by atoms with van der Waals surface area (Å²) in [6, 6.07) is 11.8. The molecule has 1 aliphatic rings. The number of amides is 1. The fourth-order valence-corrected chi connectivity index (χ4v) is 2.55. The van der Waals surface area contributed by atoms with Crippen LogP contribution in [0, 0.1) is 0 Å². The number of anilines is 1. The third kappa shape index (κ3) is 4.42. The van der Waals surface area contributed by atoms with Crippen LogP contribution in [0.5, 0.6) is 11.5 Å². The summed E-state index contributed by atoms with van der Waals surface area (Å²) in [5, 5.41) is 2.90. The van der Waals surface area contributed by atoms with Gasteiger partial charge < -0.3 is 19.5 Å². The van der Waals surface area contributed by atoms with Gasteiger partial charge in [0.1, 0.15) is 0 Å². The molecule has 0 unspecified atom stereocenters. The van der Waals surface area contributed by atoms with Gasteiger partial charge >= 0.3 is 5.97 Å². The molecule has 3 rings (SSSR count). The van der Waals surface area contributed by atoms with Crippen LogP contribution in [-0.4, -0.2) is 31.7 Å². The summed E-state index contributed by atoms with van der Waals surface area (Å²) in [6.07, 6.45) is 0.727. The normalized spacial score (nSPS) is 12.8. The molecule has 0 spiro atoms. The van der Waals surface area contributed by atoms with E-state index in [1.807, 2.05) is 6.07 Å². The number of nitrogens with one attached hydrogen (secondary N) is 1. The number of para-hydroxylation sites is 1. The summed E-state index contributed by atoms with van der Waals surface area (Å²) >= 11 is 6.14. The number of carbonyl (C=O) groups is 2. The topological polar surface area (TPSA) is 73.9 Å². The number of ether oxygens (including phenoxy) is 3. The van der Waals surface area contributed by atoms with Gasteiger partial charge in [0.05, 0.1) is 23.8 Å². The van der Waals surface area contributed by atoms with E-state index < -0.39 is 18.5 Å². The first-order chi connectivity index (χ1) is 12.1.